The Morgan fingerprint density at radius 3 is 2.73 bits per heavy atom. The van der Waals surface area contributed by atoms with Crippen LogP contribution < -0.4 is 9.62 Å². The van der Waals surface area contributed by atoms with Crippen molar-refractivity contribution >= 4 is 38.1 Å². The van der Waals surface area contributed by atoms with Crippen molar-refractivity contribution < 1.29 is 13.2 Å². The molecule has 1 N–H and O–H groups in total. The van der Waals surface area contributed by atoms with Gasteiger partial charge in [0.15, 0.2) is 5.13 Å². The number of carbonyl (C=O) groups is 1. The van der Waals surface area contributed by atoms with Crippen molar-refractivity contribution in [2.75, 3.05) is 15.9 Å². The van der Waals surface area contributed by atoms with Gasteiger partial charge in [0, 0.05) is 22.4 Å². The highest BCUT2D eigenvalue weighted by Crippen LogP contribution is 2.39. The number of rotatable bonds is 4. The first-order valence-corrected chi connectivity index (χ1v) is 11.3. The van der Waals surface area contributed by atoms with E-state index in [2.05, 4.69) is 10.3 Å². The molecule has 0 saturated heterocycles. The highest BCUT2D eigenvalue weighted by atomic mass is 32.2. The predicted octanol–water partition coefficient (Wildman–Crippen LogP) is 3.18. The molecule has 4 rings (SSSR count). The molecule has 0 spiro atoms. The van der Waals surface area contributed by atoms with Gasteiger partial charge in [0.2, 0.25) is 15.9 Å². The van der Waals surface area contributed by atoms with E-state index in [9.17, 15) is 13.2 Å². The quantitative estimate of drug-likeness (QED) is 0.868. The summed E-state index contributed by atoms with van der Waals surface area (Å²) >= 11 is 1.47. The van der Waals surface area contributed by atoms with Crippen LogP contribution >= 0.6 is 11.3 Å². The Balaban J connectivity index is 1.65. The number of hydrogen-bond donors (Lipinski definition) is 1. The Bertz CT molecular complexity index is 993. The van der Waals surface area contributed by atoms with Gasteiger partial charge in [-0.2, -0.15) is 0 Å². The zero-order valence-corrected chi connectivity index (χ0v) is 16.6. The summed E-state index contributed by atoms with van der Waals surface area (Å²) in [5.74, 6) is 0.197. The third kappa shape index (κ3) is 3.12. The Morgan fingerprint density at radius 2 is 2.08 bits per heavy atom. The average Bonchev–Trinajstić information content (AvgIpc) is 3.24. The molecule has 2 aromatic rings. The van der Waals surface area contributed by atoms with Crippen LogP contribution in [-0.2, 0) is 21.2 Å². The van der Waals surface area contributed by atoms with Crippen LogP contribution in [0.15, 0.2) is 18.2 Å². The van der Waals surface area contributed by atoms with Crippen LogP contribution in [0.5, 0.6) is 0 Å². The van der Waals surface area contributed by atoms with Gasteiger partial charge in [-0.05, 0) is 50.8 Å². The molecule has 1 unspecified atom stereocenters. The molecule has 1 saturated carbocycles. The van der Waals surface area contributed by atoms with Gasteiger partial charge >= 0.3 is 0 Å². The highest BCUT2D eigenvalue weighted by molar-refractivity contribution is 7.92. The van der Waals surface area contributed by atoms with Crippen molar-refractivity contribution in [2.45, 2.75) is 39.2 Å². The minimum Gasteiger partial charge on any atom is -0.302 e. The summed E-state index contributed by atoms with van der Waals surface area (Å²) < 4.78 is 25.6. The van der Waals surface area contributed by atoms with E-state index in [-0.39, 0.29) is 17.9 Å². The lowest BCUT2D eigenvalue weighted by Gasteiger charge is -2.21. The molecular weight excluding hydrogens is 370 g/mol. The molecule has 1 aliphatic heterocycles. The first kappa shape index (κ1) is 17.5. The second-order valence-electron chi connectivity index (χ2n) is 7.14. The van der Waals surface area contributed by atoms with Crippen LogP contribution in [0.2, 0.25) is 0 Å². The normalized spacial score (nSPS) is 19.5. The summed E-state index contributed by atoms with van der Waals surface area (Å²) in [6, 6.07) is 5.70. The number of amides is 1. The summed E-state index contributed by atoms with van der Waals surface area (Å²) in [6.45, 7) is 3.90. The lowest BCUT2D eigenvalue weighted by Crippen LogP contribution is -2.34. The zero-order valence-electron chi connectivity index (χ0n) is 14.9. The summed E-state index contributed by atoms with van der Waals surface area (Å²) in [4.78, 5) is 17.6. The molecule has 1 aliphatic carbocycles. The highest BCUT2D eigenvalue weighted by Gasteiger charge is 2.33. The maximum atomic E-state index is 12.1. The number of aryl methyl sites for hydroxylation is 1. The van der Waals surface area contributed by atoms with Gasteiger partial charge in [-0.3, -0.25) is 9.10 Å². The fourth-order valence-corrected chi connectivity index (χ4v) is 5.63. The molecule has 1 amide bonds. The fraction of sp³-hybridized carbons (Fsp3) is 0.444. The molecule has 1 fully saturated rings. The summed E-state index contributed by atoms with van der Waals surface area (Å²) in [5.41, 5.74) is 3.55. The second-order valence-corrected chi connectivity index (χ2v) is 10.2. The maximum absolute atomic E-state index is 12.1. The zero-order chi connectivity index (χ0) is 18.6. The number of benzene rings is 1. The second kappa shape index (κ2) is 6.06. The molecule has 0 radical (unpaired) electrons. The van der Waals surface area contributed by atoms with Gasteiger partial charge in [0.25, 0.3) is 0 Å². The number of aromatic nitrogens is 1. The van der Waals surface area contributed by atoms with Gasteiger partial charge in [-0.15, -0.1) is 11.3 Å². The van der Waals surface area contributed by atoms with E-state index in [1.54, 1.807) is 0 Å². The minimum atomic E-state index is -3.29. The predicted molar refractivity (Wildman–Crippen MR) is 104 cm³/mol. The molecule has 8 heteroatoms. The fourth-order valence-electron chi connectivity index (χ4n) is 3.53. The van der Waals surface area contributed by atoms with E-state index in [0.717, 1.165) is 40.2 Å². The van der Waals surface area contributed by atoms with Crippen molar-refractivity contribution in [3.8, 4) is 11.3 Å². The molecule has 1 atom stereocenters. The standard InChI is InChI=1S/C18H21N3O3S2/c1-10-8-14-9-13(6-7-15(14)21(10)26(3,23)24)16-11(2)25-18(19-16)20-17(22)12-4-5-12/h6-7,9-10,12H,4-5,8H2,1-3H3,(H,19,20,22). The largest absolute Gasteiger partial charge is 0.302 e. The van der Waals surface area contributed by atoms with Gasteiger partial charge in [-0.25, -0.2) is 13.4 Å². The van der Waals surface area contributed by atoms with E-state index < -0.39 is 10.0 Å². The first-order valence-electron chi connectivity index (χ1n) is 8.65. The van der Waals surface area contributed by atoms with Crippen LogP contribution in [0.25, 0.3) is 11.3 Å². The third-order valence-electron chi connectivity index (χ3n) is 4.84. The Labute approximate surface area is 157 Å². The van der Waals surface area contributed by atoms with Crippen LogP contribution in [0.3, 0.4) is 0 Å². The van der Waals surface area contributed by atoms with Gasteiger partial charge in [0.1, 0.15) is 0 Å². The van der Waals surface area contributed by atoms with Gasteiger partial charge in [-0.1, -0.05) is 6.07 Å². The van der Waals surface area contributed by atoms with E-state index in [0.29, 0.717) is 11.6 Å². The molecule has 2 aliphatic rings. The van der Waals surface area contributed by atoms with Crippen LogP contribution in [0.1, 0.15) is 30.2 Å². The number of thiazole rings is 1. The third-order valence-corrected chi connectivity index (χ3v) is 7.00. The van der Waals surface area contributed by atoms with Crippen molar-refractivity contribution in [2.24, 2.45) is 5.92 Å². The number of anilines is 2. The Kier molecular flexibility index (Phi) is 4.07. The molecule has 0 bridgehead atoms. The van der Waals surface area contributed by atoms with Gasteiger partial charge in [0.05, 0.1) is 17.6 Å². The number of carbonyl (C=O) groups excluding carboxylic acids is 1. The van der Waals surface area contributed by atoms with Crippen LogP contribution in [0.4, 0.5) is 10.8 Å². The maximum Gasteiger partial charge on any atom is 0.232 e. The monoisotopic (exact) mass is 391 g/mol. The average molecular weight is 392 g/mol. The first-order chi connectivity index (χ1) is 12.2. The molecule has 2 heterocycles. The van der Waals surface area contributed by atoms with E-state index in [4.69, 9.17) is 0 Å². The number of fused-ring (bicyclic) bond motifs is 1. The molecule has 1 aromatic carbocycles. The van der Waals surface area contributed by atoms with E-state index in [1.807, 2.05) is 32.0 Å². The lowest BCUT2D eigenvalue weighted by atomic mass is 10.0. The summed E-state index contributed by atoms with van der Waals surface area (Å²) in [7, 11) is -3.29. The van der Waals surface area contributed by atoms with E-state index >= 15 is 0 Å². The Morgan fingerprint density at radius 1 is 1.35 bits per heavy atom. The molecule has 6 nitrogen and oxygen atoms in total. The van der Waals surface area contributed by atoms with Crippen molar-refractivity contribution in [3.63, 3.8) is 0 Å². The SMILES string of the molecule is Cc1sc(NC(=O)C2CC2)nc1-c1ccc2c(c1)CC(C)N2S(C)(=O)=O. The van der Waals surface area contributed by atoms with Crippen molar-refractivity contribution in [1.29, 1.82) is 0 Å². The molecular formula is C18H21N3O3S2. The number of nitrogens with zero attached hydrogens (tertiary/aromatic N) is 2. The van der Waals surface area contributed by atoms with E-state index in [1.165, 1.54) is 21.9 Å². The molecule has 26 heavy (non-hydrogen) atoms. The smallest absolute Gasteiger partial charge is 0.232 e. The Hall–Kier alpha value is -1.93. The van der Waals surface area contributed by atoms with Crippen molar-refractivity contribution in [3.05, 3.63) is 28.6 Å². The molecule has 138 valence electrons. The minimum absolute atomic E-state index is 0.0527. The van der Waals surface area contributed by atoms with Crippen LogP contribution in [0, 0.1) is 12.8 Å². The number of hydrogen-bond acceptors (Lipinski definition) is 5. The summed E-state index contributed by atoms with van der Waals surface area (Å²) in [6.07, 6.45) is 3.85. The van der Waals surface area contributed by atoms with Crippen molar-refractivity contribution in [1.82, 2.24) is 4.98 Å². The summed E-state index contributed by atoms with van der Waals surface area (Å²) in [5, 5.41) is 3.53. The van der Waals surface area contributed by atoms with Crippen LogP contribution in [-0.4, -0.2) is 31.6 Å². The number of nitrogens with one attached hydrogen (secondary N) is 1. The van der Waals surface area contributed by atoms with Gasteiger partial charge < -0.3 is 5.32 Å². The molecule has 1 aromatic heterocycles. The topological polar surface area (TPSA) is 79.4 Å². The lowest BCUT2D eigenvalue weighted by molar-refractivity contribution is -0.117. The number of sulfonamides is 1.